The molecule has 2 N–H and O–H groups in total. The molecule has 0 aliphatic carbocycles. The van der Waals surface area contributed by atoms with E-state index in [1.165, 1.54) is 5.56 Å². The van der Waals surface area contributed by atoms with Crippen LogP contribution in [0.25, 0.3) is 0 Å². The number of hydrogen-bond acceptors (Lipinski definition) is 3. The second kappa shape index (κ2) is 8.51. The van der Waals surface area contributed by atoms with Gasteiger partial charge in [-0.25, -0.2) is 0 Å². The van der Waals surface area contributed by atoms with Gasteiger partial charge in [0.05, 0.1) is 0 Å². The molecule has 4 nitrogen and oxygen atoms in total. The molecule has 5 heteroatoms. The average molecular weight is 324 g/mol. The van der Waals surface area contributed by atoms with Crippen LogP contribution in [0.1, 0.15) is 25.3 Å². The Hall–Kier alpha value is -1.10. The van der Waals surface area contributed by atoms with Crippen molar-refractivity contribution in [2.75, 3.05) is 26.7 Å². The molecule has 1 aliphatic rings. The van der Waals surface area contributed by atoms with Crippen molar-refractivity contribution in [3.05, 3.63) is 34.9 Å². The van der Waals surface area contributed by atoms with Gasteiger partial charge in [0.1, 0.15) is 0 Å². The topological polar surface area (TPSA) is 44.4 Å². The average Bonchev–Trinajstić information content (AvgIpc) is 2.51. The van der Waals surface area contributed by atoms with Gasteiger partial charge in [-0.1, -0.05) is 30.7 Å². The predicted octanol–water partition coefficient (Wildman–Crippen LogP) is 2.28. The lowest BCUT2D eigenvalue weighted by molar-refractivity contribution is -0.125. The third-order valence-corrected chi connectivity index (χ3v) is 4.46. The number of piperidine rings is 1. The zero-order chi connectivity index (χ0) is 15.9. The van der Waals surface area contributed by atoms with Crippen LogP contribution in [0.3, 0.4) is 0 Å². The van der Waals surface area contributed by atoms with E-state index in [1.54, 1.807) is 0 Å². The van der Waals surface area contributed by atoms with Gasteiger partial charge in [-0.2, -0.15) is 0 Å². The van der Waals surface area contributed by atoms with Gasteiger partial charge in [-0.15, -0.1) is 0 Å². The van der Waals surface area contributed by atoms with Gasteiger partial charge in [0.2, 0.25) is 5.91 Å². The fourth-order valence-electron chi connectivity index (χ4n) is 2.83. The van der Waals surface area contributed by atoms with Crippen molar-refractivity contribution in [1.29, 1.82) is 0 Å². The maximum Gasteiger partial charge on any atom is 0.224 e. The Morgan fingerprint density at radius 2 is 1.95 bits per heavy atom. The molecule has 1 unspecified atom stereocenters. The van der Waals surface area contributed by atoms with Gasteiger partial charge in [0.25, 0.3) is 0 Å². The van der Waals surface area contributed by atoms with E-state index in [4.69, 9.17) is 11.6 Å². The van der Waals surface area contributed by atoms with Crippen molar-refractivity contribution in [3.63, 3.8) is 0 Å². The van der Waals surface area contributed by atoms with Crippen LogP contribution in [0.2, 0.25) is 5.02 Å². The summed E-state index contributed by atoms with van der Waals surface area (Å²) < 4.78 is 0. The summed E-state index contributed by atoms with van der Waals surface area (Å²) in [5, 5.41) is 7.00. The Balaban J connectivity index is 1.73. The van der Waals surface area contributed by atoms with E-state index in [2.05, 4.69) is 27.7 Å². The highest BCUT2D eigenvalue weighted by molar-refractivity contribution is 6.30. The summed E-state index contributed by atoms with van der Waals surface area (Å²) in [6.45, 7) is 5.68. The Morgan fingerprint density at radius 1 is 1.32 bits per heavy atom. The van der Waals surface area contributed by atoms with E-state index in [0.717, 1.165) is 44.0 Å². The van der Waals surface area contributed by atoms with Gasteiger partial charge in [-0.05, 0) is 37.6 Å². The van der Waals surface area contributed by atoms with Crippen molar-refractivity contribution in [2.24, 2.45) is 5.92 Å². The van der Waals surface area contributed by atoms with E-state index in [1.807, 2.05) is 26.1 Å². The Bertz CT molecular complexity index is 469. The lowest BCUT2D eigenvalue weighted by Crippen LogP contribution is -2.46. The van der Waals surface area contributed by atoms with Gasteiger partial charge in [0, 0.05) is 43.2 Å². The number of nitrogens with zero attached hydrogens (tertiary/aromatic N) is 1. The SMILES string of the molecule is CNCC(C)C(=O)NC1CCN(Cc2ccc(Cl)cc2)CC1. The van der Waals surface area contributed by atoms with Gasteiger partial charge < -0.3 is 10.6 Å². The van der Waals surface area contributed by atoms with E-state index in [9.17, 15) is 4.79 Å². The molecule has 2 rings (SSSR count). The molecule has 1 fully saturated rings. The van der Waals surface area contributed by atoms with Crippen LogP contribution in [0.5, 0.6) is 0 Å². The zero-order valence-corrected chi connectivity index (χ0v) is 14.2. The number of nitrogens with one attached hydrogen (secondary N) is 2. The Kier molecular flexibility index (Phi) is 6.68. The Labute approximate surface area is 138 Å². The largest absolute Gasteiger partial charge is 0.353 e. The molecule has 1 amide bonds. The molecule has 1 aromatic carbocycles. The molecular weight excluding hydrogens is 298 g/mol. The second-order valence-electron chi connectivity index (χ2n) is 6.14. The molecule has 1 atom stereocenters. The lowest BCUT2D eigenvalue weighted by atomic mass is 10.0. The van der Waals surface area contributed by atoms with Crippen LogP contribution in [0.15, 0.2) is 24.3 Å². The predicted molar refractivity (Wildman–Crippen MR) is 91.0 cm³/mol. The molecule has 0 spiro atoms. The third-order valence-electron chi connectivity index (χ3n) is 4.21. The minimum absolute atomic E-state index is 0.0251. The molecule has 1 aromatic rings. The summed E-state index contributed by atoms with van der Waals surface area (Å²) >= 11 is 5.91. The summed E-state index contributed by atoms with van der Waals surface area (Å²) in [7, 11) is 1.87. The summed E-state index contributed by atoms with van der Waals surface area (Å²) in [5.41, 5.74) is 1.29. The standard InChI is InChI=1S/C17H26ClN3O/c1-13(11-19-2)17(22)20-16-7-9-21(10-8-16)12-14-3-5-15(18)6-4-14/h3-6,13,16,19H,7-12H2,1-2H3,(H,20,22). The summed E-state index contributed by atoms with van der Waals surface area (Å²) in [6.07, 6.45) is 2.04. The summed E-state index contributed by atoms with van der Waals surface area (Å²) in [4.78, 5) is 14.5. The maximum absolute atomic E-state index is 12.0. The maximum atomic E-state index is 12.0. The molecule has 1 heterocycles. The van der Waals surface area contributed by atoms with Crippen LogP contribution in [-0.4, -0.2) is 43.5 Å². The van der Waals surface area contributed by atoms with Gasteiger partial charge in [-0.3, -0.25) is 9.69 Å². The number of carbonyl (C=O) groups is 1. The zero-order valence-electron chi connectivity index (χ0n) is 13.4. The smallest absolute Gasteiger partial charge is 0.224 e. The molecule has 122 valence electrons. The number of rotatable bonds is 6. The number of likely N-dealkylation sites (tertiary alicyclic amines) is 1. The lowest BCUT2D eigenvalue weighted by Gasteiger charge is -2.33. The van der Waals surface area contributed by atoms with Crippen molar-refractivity contribution >= 4 is 17.5 Å². The van der Waals surface area contributed by atoms with E-state index >= 15 is 0 Å². The van der Waals surface area contributed by atoms with Crippen LogP contribution in [0, 0.1) is 5.92 Å². The molecule has 0 bridgehead atoms. The van der Waals surface area contributed by atoms with Crippen molar-refractivity contribution in [2.45, 2.75) is 32.4 Å². The normalized spacial score (nSPS) is 18.1. The van der Waals surface area contributed by atoms with E-state index < -0.39 is 0 Å². The molecule has 0 radical (unpaired) electrons. The first-order valence-corrected chi connectivity index (χ1v) is 8.38. The minimum Gasteiger partial charge on any atom is -0.353 e. The fourth-order valence-corrected chi connectivity index (χ4v) is 2.95. The van der Waals surface area contributed by atoms with Crippen molar-refractivity contribution < 1.29 is 4.79 Å². The first-order valence-electron chi connectivity index (χ1n) is 8.00. The third kappa shape index (κ3) is 5.27. The van der Waals surface area contributed by atoms with Gasteiger partial charge in [0.15, 0.2) is 0 Å². The number of amides is 1. The Morgan fingerprint density at radius 3 is 2.55 bits per heavy atom. The first kappa shape index (κ1) is 17.3. The van der Waals surface area contributed by atoms with E-state index in [0.29, 0.717) is 6.04 Å². The van der Waals surface area contributed by atoms with E-state index in [-0.39, 0.29) is 11.8 Å². The highest BCUT2D eigenvalue weighted by Crippen LogP contribution is 2.16. The fraction of sp³-hybridized carbons (Fsp3) is 0.588. The highest BCUT2D eigenvalue weighted by Gasteiger charge is 2.22. The van der Waals surface area contributed by atoms with Crippen LogP contribution < -0.4 is 10.6 Å². The summed E-state index contributed by atoms with van der Waals surface area (Å²) in [5.74, 6) is 0.183. The molecular formula is C17H26ClN3O. The van der Waals surface area contributed by atoms with Crippen molar-refractivity contribution in [1.82, 2.24) is 15.5 Å². The van der Waals surface area contributed by atoms with Gasteiger partial charge >= 0.3 is 0 Å². The molecule has 22 heavy (non-hydrogen) atoms. The van der Waals surface area contributed by atoms with Crippen LogP contribution in [-0.2, 0) is 11.3 Å². The molecule has 0 saturated carbocycles. The molecule has 1 saturated heterocycles. The summed E-state index contributed by atoms with van der Waals surface area (Å²) in [6, 6.07) is 8.35. The monoisotopic (exact) mass is 323 g/mol. The number of hydrogen-bond donors (Lipinski definition) is 2. The molecule has 0 aromatic heterocycles. The first-order chi connectivity index (χ1) is 10.6. The highest BCUT2D eigenvalue weighted by atomic mass is 35.5. The number of carbonyl (C=O) groups excluding carboxylic acids is 1. The number of halogens is 1. The van der Waals surface area contributed by atoms with Crippen LogP contribution in [0.4, 0.5) is 0 Å². The van der Waals surface area contributed by atoms with Crippen molar-refractivity contribution in [3.8, 4) is 0 Å². The second-order valence-corrected chi connectivity index (χ2v) is 6.58. The quantitative estimate of drug-likeness (QED) is 0.844. The number of benzene rings is 1. The minimum atomic E-state index is 0.0251. The molecule has 1 aliphatic heterocycles. The van der Waals surface area contributed by atoms with Crippen LogP contribution >= 0.6 is 11.6 Å².